The second-order valence-electron chi connectivity index (χ2n) is 6.53. The molecule has 1 aliphatic rings. The van der Waals surface area contributed by atoms with Crippen LogP contribution in [0.2, 0.25) is 0 Å². The smallest absolute Gasteiger partial charge is 0.154 e. The summed E-state index contributed by atoms with van der Waals surface area (Å²) in [6.45, 7) is 7.83. The summed E-state index contributed by atoms with van der Waals surface area (Å²) in [6.07, 6.45) is 3.50. The minimum atomic E-state index is 0.278. The van der Waals surface area contributed by atoms with Gasteiger partial charge < -0.3 is 9.47 Å². The number of aryl methyl sites for hydroxylation is 1. The maximum Gasteiger partial charge on any atom is 0.154 e. The number of benzene rings is 1. The Hall–Kier alpha value is -2.40. The molecule has 0 atom stereocenters. The van der Waals surface area contributed by atoms with Crippen molar-refractivity contribution in [3.8, 4) is 5.75 Å². The van der Waals surface area contributed by atoms with E-state index >= 15 is 0 Å². The van der Waals surface area contributed by atoms with Gasteiger partial charge in [-0.25, -0.2) is 0 Å². The van der Waals surface area contributed by atoms with Crippen LogP contribution in [0.4, 0.5) is 0 Å². The van der Waals surface area contributed by atoms with Crippen molar-refractivity contribution in [1.82, 2.24) is 9.78 Å². The molecule has 0 saturated heterocycles. The molecule has 0 bridgehead atoms. The normalized spacial score (nSPS) is 14.9. The van der Waals surface area contributed by atoms with E-state index in [4.69, 9.17) is 9.47 Å². The van der Waals surface area contributed by atoms with Crippen LogP contribution in [0.25, 0.3) is 5.57 Å². The third-order valence-corrected chi connectivity index (χ3v) is 4.49. The van der Waals surface area contributed by atoms with Crippen LogP contribution in [0.15, 0.2) is 36.0 Å². The summed E-state index contributed by atoms with van der Waals surface area (Å²) in [5.41, 5.74) is 4.95. The highest BCUT2D eigenvalue weighted by atomic mass is 16.5. The van der Waals surface area contributed by atoms with Crippen LogP contribution in [0.1, 0.15) is 47.9 Å². The first-order chi connectivity index (χ1) is 12.1. The topological polar surface area (TPSA) is 53.4 Å². The SMILES string of the molecule is Cc1cccc(OCC2=C(c3ccnn3C(C)C)COCC2)c1C=O. The van der Waals surface area contributed by atoms with Crippen molar-refractivity contribution in [2.45, 2.75) is 33.2 Å². The molecular weight excluding hydrogens is 316 g/mol. The molecule has 1 aromatic carbocycles. The number of aldehydes is 1. The van der Waals surface area contributed by atoms with Gasteiger partial charge in [-0.05, 0) is 50.5 Å². The minimum Gasteiger partial charge on any atom is -0.488 e. The Bertz CT molecular complexity index is 790. The fourth-order valence-corrected chi connectivity index (χ4v) is 3.10. The molecule has 132 valence electrons. The molecule has 1 aromatic heterocycles. The van der Waals surface area contributed by atoms with Gasteiger partial charge in [-0.2, -0.15) is 5.10 Å². The van der Waals surface area contributed by atoms with Crippen molar-refractivity contribution >= 4 is 11.9 Å². The molecule has 25 heavy (non-hydrogen) atoms. The van der Waals surface area contributed by atoms with Gasteiger partial charge in [-0.15, -0.1) is 0 Å². The van der Waals surface area contributed by atoms with E-state index in [0.717, 1.165) is 29.5 Å². The lowest BCUT2D eigenvalue weighted by molar-refractivity contribution is 0.111. The standard InChI is InChI=1S/C20H24N2O3/c1-14(2)22-19(7-9-21-22)18-13-24-10-8-16(18)12-25-20-6-4-5-15(3)17(20)11-23/h4-7,9,11,14H,8,10,12-13H2,1-3H3. The first-order valence-electron chi connectivity index (χ1n) is 8.62. The fraction of sp³-hybridized carbons (Fsp3) is 0.400. The van der Waals surface area contributed by atoms with E-state index in [-0.39, 0.29) is 6.04 Å². The van der Waals surface area contributed by atoms with Gasteiger partial charge in [-0.3, -0.25) is 9.48 Å². The third-order valence-electron chi connectivity index (χ3n) is 4.49. The maximum absolute atomic E-state index is 11.3. The van der Waals surface area contributed by atoms with E-state index in [1.165, 1.54) is 5.57 Å². The van der Waals surface area contributed by atoms with Gasteiger partial charge in [0.1, 0.15) is 12.4 Å². The molecule has 0 saturated carbocycles. The zero-order valence-corrected chi connectivity index (χ0v) is 15.0. The average molecular weight is 340 g/mol. The quantitative estimate of drug-likeness (QED) is 0.750. The van der Waals surface area contributed by atoms with Crippen LogP contribution < -0.4 is 4.74 Å². The lowest BCUT2D eigenvalue weighted by Gasteiger charge is -2.23. The molecule has 0 N–H and O–H groups in total. The zero-order chi connectivity index (χ0) is 17.8. The second kappa shape index (κ2) is 7.66. The number of ether oxygens (including phenoxy) is 2. The third kappa shape index (κ3) is 3.66. The van der Waals surface area contributed by atoms with Gasteiger partial charge >= 0.3 is 0 Å². The number of hydrogen-bond donors (Lipinski definition) is 0. The van der Waals surface area contributed by atoms with Crippen LogP contribution in [-0.2, 0) is 4.74 Å². The summed E-state index contributed by atoms with van der Waals surface area (Å²) in [6, 6.07) is 7.96. The number of aromatic nitrogens is 2. The minimum absolute atomic E-state index is 0.278. The predicted molar refractivity (Wildman–Crippen MR) is 97.0 cm³/mol. The predicted octanol–water partition coefficient (Wildman–Crippen LogP) is 3.84. The van der Waals surface area contributed by atoms with Crippen LogP contribution in [-0.4, -0.2) is 35.9 Å². The van der Waals surface area contributed by atoms with Crippen molar-refractivity contribution in [1.29, 1.82) is 0 Å². The Labute approximate surface area is 148 Å². The Kier molecular flexibility index (Phi) is 5.34. The van der Waals surface area contributed by atoms with Gasteiger partial charge in [0.15, 0.2) is 6.29 Å². The maximum atomic E-state index is 11.3. The molecular formula is C20H24N2O3. The average Bonchev–Trinajstić information content (AvgIpc) is 3.10. The van der Waals surface area contributed by atoms with Crippen molar-refractivity contribution in [3.63, 3.8) is 0 Å². The highest BCUT2D eigenvalue weighted by molar-refractivity contribution is 5.81. The summed E-state index contributed by atoms with van der Waals surface area (Å²) >= 11 is 0. The molecule has 0 radical (unpaired) electrons. The largest absolute Gasteiger partial charge is 0.488 e. The van der Waals surface area contributed by atoms with E-state index in [2.05, 4.69) is 18.9 Å². The van der Waals surface area contributed by atoms with Crippen molar-refractivity contribution < 1.29 is 14.3 Å². The Morgan fingerprint density at radius 1 is 1.36 bits per heavy atom. The molecule has 0 unspecified atom stereocenters. The van der Waals surface area contributed by atoms with Crippen molar-refractivity contribution in [2.75, 3.05) is 19.8 Å². The lowest BCUT2D eigenvalue weighted by atomic mass is 10.0. The molecule has 5 nitrogen and oxygen atoms in total. The number of carbonyl (C=O) groups excluding carboxylic acids is 1. The summed E-state index contributed by atoms with van der Waals surface area (Å²) in [5.74, 6) is 0.630. The first kappa shape index (κ1) is 17.4. The van der Waals surface area contributed by atoms with E-state index in [1.807, 2.05) is 42.1 Å². The highest BCUT2D eigenvalue weighted by Crippen LogP contribution is 2.28. The molecule has 0 amide bonds. The number of rotatable bonds is 6. The Morgan fingerprint density at radius 2 is 2.20 bits per heavy atom. The van der Waals surface area contributed by atoms with Crippen LogP contribution in [0, 0.1) is 6.92 Å². The van der Waals surface area contributed by atoms with E-state index in [0.29, 0.717) is 31.1 Å². The van der Waals surface area contributed by atoms with E-state index < -0.39 is 0 Å². The van der Waals surface area contributed by atoms with Gasteiger partial charge in [0.2, 0.25) is 0 Å². The summed E-state index contributed by atoms with van der Waals surface area (Å²) in [4.78, 5) is 11.3. The molecule has 2 heterocycles. The van der Waals surface area contributed by atoms with Gasteiger partial charge in [0.05, 0.1) is 24.5 Å². The second-order valence-corrected chi connectivity index (χ2v) is 6.53. The molecule has 0 spiro atoms. The molecule has 2 aromatic rings. The molecule has 3 rings (SSSR count). The van der Waals surface area contributed by atoms with Crippen LogP contribution in [0.5, 0.6) is 5.75 Å². The Balaban J connectivity index is 1.89. The zero-order valence-electron chi connectivity index (χ0n) is 15.0. The van der Waals surface area contributed by atoms with E-state index in [9.17, 15) is 4.79 Å². The monoisotopic (exact) mass is 340 g/mol. The molecule has 5 heteroatoms. The first-order valence-corrected chi connectivity index (χ1v) is 8.62. The van der Waals surface area contributed by atoms with Gasteiger partial charge in [-0.1, -0.05) is 12.1 Å². The summed E-state index contributed by atoms with van der Waals surface area (Å²) in [7, 11) is 0. The fourth-order valence-electron chi connectivity index (χ4n) is 3.10. The van der Waals surface area contributed by atoms with Crippen LogP contribution in [0.3, 0.4) is 0 Å². The number of hydrogen-bond acceptors (Lipinski definition) is 4. The highest BCUT2D eigenvalue weighted by Gasteiger charge is 2.20. The summed E-state index contributed by atoms with van der Waals surface area (Å²) in [5, 5.41) is 4.42. The Morgan fingerprint density at radius 3 is 2.96 bits per heavy atom. The van der Waals surface area contributed by atoms with Gasteiger partial charge in [0, 0.05) is 17.8 Å². The lowest BCUT2D eigenvalue weighted by Crippen LogP contribution is -2.18. The van der Waals surface area contributed by atoms with Crippen LogP contribution >= 0.6 is 0 Å². The van der Waals surface area contributed by atoms with Gasteiger partial charge in [0.25, 0.3) is 0 Å². The molecule has 1 aliphatic heterocycles. The van der Waals surface area contributed by atoms with Crippen molar-refractivity contribution in [2.24, 2.45) is 0 Å². The number of carbonyl (C=O) groups is 1. The molecule has 0 fully saturated rings. The number of nitrogens with zero attached hydrogens (tertiary/aromatic N) is 2. The summed E-state index contributed by atoms with van der Waals surface area (Å²) < 4.78 is 13.7. The molecule has 0 aliphatic carbocycles. The van der Waals surface area contributed by atoms with Crippen molar-refractivity contribution in [3.05, 3.63) is 52.9 Å². The van der Waals surface area contributed by atoms with E-state index in [1.54, 1.807) is 0 Å².